The smallest absolute Gasteiger partial charge is 0.276 e. The molecule has 4 rings (SSSR count). The fraction of sp³-hybridized carbons (Fsp3) is 0.350. The Bertz CT molecular complexity index is 993. The monoisotopic (exact) mass is 383 g/mol. The Kier molecular flexibility index (Phi) is 4.77. The standard InChI is InChI=1S/C20H21N3O5/c1-12-9-18(28-21-12)15-5-4-8-23(15)20(24)14-11-17(27-22-14)13-6-7-16(25-2)19(10-13)26-3/h6-7,9-11,15H,4-5,8H2,1-3H3/t15-/m0/s1. The van der Waals surface area contributed by atoms with Crippen molar-refractivity contribution in [3.8, 4) is 22.8 Å². The second kappa shape index (κ2) is 7.38. The maximum Gasteiger partial charge on any atom is 0.276 e. The lowest BCUT2D eigenvalue weighted by atomic mass is 10.1. The lowest BCUT2D eigenvalue weighted by molar-refractivity contribution is 0.0704. The first kappa shape index (κ1) is 18.1. The summed E-state index contributed by atoms with van der Waals surface area (Å²) < 4.78 is 21.4. The van der Waals surface area contributed by atoms with Crippen LogP contribution in [0.3, 0.4) is 0 Å². The molecular weight excluding hydrogens is 362 g/mol. The molecule has 2 aromatic heterocycles. The van der Waals surface area contributed by atoms with Gasteiger partial charge in [0.25, 0.3) is 5.91 Å². The third-order valence-corrected chi connectivity index (χ3v) is 4.89. The van der Waals surface area contributed by atoms with Gasteiger partial charge in [0.1, 0.15) is 0 Å². The van der Waals surface area contributed by atoms with Crippen LogP contribution in [-0.4, -0.2) is 41.9 Å². The quantitative estimate of drug-likeness (QED) is 0.664. The van der Waals surface area contributed by atoms with Gasteiger partial charge in [-0.2, -0.15) is 0 Å². The molecule has 1 atom stereocenters. The van der Waals surface area contributed by atoms with Gasteiger partial charge in [-0.1, -0.05) is 10.3 Å². The number of carbonyl (C=O) groups excluding carboxylic acids is 1. The van der Waals surface area contributed by atoms with E-state index in [0.29, 0.717) is 29.6 Å². The fourth-order valence-corrected chi connectivity index (χ4v) is 3.49. The van der Waals surface area contributed by atoms with Gasteiger partial charge in [-0.05, 0) is 38.0 Å². The van der Waals surface area contributed by atoms with E-state index in [9.17, 15) is 4.79 Å². The molecular formula is C20H21N3O5. The van der Waals surface area contributed by atoms with Gasteiger partial charge < -0.3 is 23.4 Å². The molecule has 0 unspecified atom stereocenters. The van der Waals surface area contributed by atoms with Crippen LogP contribution in [0.15, 0.2) is 39.4 Å². The highest BCUT2D eigenvalue weighted by atomic mass is 16.5. The summed E-state index contributed by atoms with van der Waals surface area (Å²) in [6.45, 7) is 2.50. The highest BCUT2D eigenvalue weighted by molar-refractivity contribution is 5.93. The van der Waals surface area contributed by atoms with E-state index in [-0.39, 0.29) is 17.6 Å². The number of likely N-dealkylation sites (tertiary alicyclic amines) is 1. The van der Waals surface area contributed by atoms with E-state index in [1.54, 1.807) is 37.3 Å². The lowest BCUT2D eigenvalue weighted by Gasteiger charge is -2.21. The van der Waals surface area contributed by atoms with Gasteiger partial charge in [-0.15, -0.1) is 0 Å². The predicted molar refractivity (Wildman–Crippen MR) is 99.3 cm³/mol. The number of benzene rings is 1. The molecule has 8 heteroatoms. The van der Waals surface area contributed by atoms with Crippen LogP contribution in [0.5, 0.6) is 11.5 Å². The summed E-state index contributed by atoms with van der Waals surface area (Å²) in [5.41, 5.74) is 1.80. The molecule has 28 heavy (non-hydrogen) atoms. The van der Waals surface area contributed by atoms with Gasteiger partial charge in [0.05, 0.1) is 26.0 Å². The van der Waals surface area contributed by atoms with Crippen molar-refractivity contribution in [3.63, 3.8) is 0 Å². The summed E-state index contributed by atoms with van der Waals surface area (Å²) >= 11 is 0. The van der Waals surface area contributed by atoms with Crippen LogP contribution in [-0.2, 0) is 0 Å². The largest absolute Gasteiger partial charge is 0.493 e. The molecule has 0 aliphatic carbocycles. The van der Waals surface area contributed by atoms with E-state index in [1.807, 2.05) is 19.1 Å². The van der Waals surface area contributed by atoms with Gasteiger partial charge in [-0.25, -0.2) is 0 Å². The number of amides is 1. The second-order valence-corrected chi connectivity index (χ2v) is 6.67. The average Bonchev–Trinajstić information content (AvgIpc) is 3.46. The minimum Gasteiger partial charge on any atom is -0.493 e. The van der Waals surface area contributed by atoms with Crippen molar-refractivity contribution >= 4 is 5.91 Å². The van der Waals surface area contributed by atoms with Gasteiger partial charge in [-0.3, -0.25) is 4.79 Å². The summed E-state index contributed by atoms with van der Waals surface area (Å²) in [4.78, 5) is 14.8. The molecule has 146 valence electrons. The zero-order chi connectivity index (χ0) is 19.7. The van der Waals surface area contributed by atoms with Crippen molar-refractivity contribution in [1.82, 2.24) is 15.2 Å². The molecule has 3 aromatic rings. The average molecular weight is 383 g/mol. The Labute approximate surface area is 162 Å². The number of hydrogen-bond donors (Lipinski definition) is 0. The maximum absolute atomic E-state index is 13.0. The molecule has 0 radical (unpaired) electrons. The van der Waals surface area contributed by atoms with Crippen molar-refractivity contribution in [1.29, 1.82) is 0 Å². The minimum atomic E-state index is -0.188. The number of carbonyl (C=O) groups is 1. The first-order valence-corrected chi connectivity index (χ1v) is 9.04. The zero-order valence-electron chi connectivity index (χ0n) is 16.0. The fourth-order valence-electron chi connectivity index (χ4n) is 3.49. The molecule has 1 aliphatic heterocycles. The maximum atomic E-state index is 13.0. The van der Waals surface area contributed by atoms with E-state index >= 15 is 0 Å². The first-order chi connectivity index (χ1) is 13.6. The Morgan fingerprint density at radius 3 is 2.64 bits per heavy atom. The Hall–Kier alpha value is -3.29. The molecule has 0 bridgehead atoms. The van der Waals surface area contributed by atoms with Gasteiger partial charge in [0, 0.05) is 24.2 Å². The predicted octanol–water partition coefficient (Wildman–Crippen LogP) is 3.63. The normalized spacial score (nSPS) is 16.4. The van der Waals surface area contributed by atoms with E-state index in [1.165, 1.54) is 0 Å². The lowest BCUT2D eigenvalue weighted by Crippen LogP contribution is -2.30. The van der Waals surface area contributed by atoms with E-state index < -0.39 is 0 Å². The van der Waals surface area contributed by atoms with Crippen molar-refractivity contribution in [2.45, 2.75) is 25.8 Å². The third-order valence-electron chi connectivity index (χ3n) is 4.89. The molecule has 1 saturated heterocycles. The number of methoxy groups -OCH3 is 2. The summed E-state index contributed by atoms with van der Waals surface area (Å²) in [6.07, 6.45) is 1.73. The summed E-state index contributed by atoms with van der Waals surface area (Å²) in [7, 11) is 3.14. The molecule has 0 saturated carbocycles. The highest BCUT2D eigenvalue weighted by Crippen LogP contribution is 2.35. The number of rotatable bonds is 5. The Morgan fingerprint density at radius 1 is 1.11 bits per heavy atom. The molecule has 1 aromatic carbocycles. The van der Waals surface area contributed by atoms with Gasteiger partial charge in [0.2, 0.25) is 0 Å². The minimum absolute atomic E-state index is 0.130. The Morgan fingerprint density at radius 2 is 1.93 bits per heavy atom. The second-order valence-electron chi connectivity index (χ2n) is 6.67. The molecule has 1 fully saturated rings. The van der Waals surface area contributed by atoms with Crippen LogP contribution in [0, 0.1) is 6.92 Å². The number of aryl methyl sites for hydroxylation is 1. The van der Waals surface area contributed by atoms with Crippen LogP contribution in [0.1, 0.15) is 40.8 Å². The molecule has 1 amide bonds. The van der Waals surface area contributed by atoms with E-state index in [4.69, 9.17) is 18.5 Å². The van der Waals surface area contributed by atoms with E-state index in [0.717, 1.165) is 24.1 Å². The summed E-state index contributed by atoms with van der Waals surface area (Å²) in [5.74, 6) is 2.18. The Balaban J connectivity index is 1.58. The van der Waals surface area contributed by atoms with Crippen molar-refractivity contribution in [2.24, 2.45) is 0 Å². The topological polar surface area (TPSA) is 90.8 Å². The van der Waals surface area contributed by atoms with Crippen LogP contribution in [0.2, 0.25) is 0 Å². The van der Waals surface area contributed by atoms with Crippen molar-refractivity contribution in [3.05, 3.63) is 47.5 Å². The number of aromatic nitrogens is 2. The van der Waals surface area contributed by atoms with Crippen molar-refractivity contribution < 1.29 is 23.3 Å². The van der Waals surface area contributed by atoms with Crippen LogP contribution < -0.4 is 9.47 Å². The SMILES string of the molecule is COc1ccc(-c2cc(C(=O)N3CCC[C@H]3c3cc(C)no3)no2)cc1OC. The van der Waals surface area contributed by atoms with Crippen LogP contribution in [0.4, 0.5) is 0 Å². The van der Waals surface area contributed by atoms with Crippen molar-refractivity contribution in [2.75, 3.05) is 20.8 Å². The molecule has 8 nitrogen and oxygen atoms in total. The van der Waals surface area contributed by atoms with Crippen LogP contribution in [0.25, 0.3) is 11.3 Å². The highest BCUT2D eigenvalue weighted by Gasteiger charge is 2.34. The zero-order valence-corrected chi connectivity index (χ0v) is 16.0. The molecule has 0 spiro atoms. The first-order valence-electron chi connectivity index (χ1n) is 9.04. The van der Waals surface area contributed by atoms with Gasteiger partial charge >= 0.3 is 0 Å². The molecule has 1 aliphatic rings. The van der Waals surface area contributed by atoms with Crippen LogP contribution >= 0.6 is 0 Å². The molecule has 0 N–H and O–H groups in total. The number of hydrogen-bond acceptors (Lipinski definition) is 7. The summed E-state index contributed by atoms with van der Waals surface area (Å²) in [5, 5.41) is 7.92. The number of nitrogens with zero attached hydrogens (tertiary/aromatic N) is 3. The number of ether oxygens (including phenoxy) is 2. The summed E-state index contributed by atoms with van der Waals surface area (Å²) in [6, 6.07) is 8.77. The molecule has 3 heterocycles. The van der Waals surface area contributed by atoms with E-state index in [2.05, 4.69) is 10.3 Å². The van der Waals surface area contributed by atoms with Gasteiger partial charge in [0.15, 0.2) is 28.7 Å². The third kappa shape index (κ3) is 3.21.